The topological polar surface area (TPSA) is 68.5 Å². The number of rotatable bonds is 5. The molecule has 6 heteroatoms. The van der Waals surface area contributed by atoms with Crippen molar-refractivity contribution in [2.45, 2.75) is 13.3 Å². The van der Waals surface area contributed by atoms with E-state index in [4.69, 9.17) is 4.74 Å². The number of hydrogen-bond donors (Lipinski definition) is 1. The van der Waals surface area contributed by atoms with E-state index in [-0.39, 0.29) is 5.91 Å². The van der Waals surface area contributed by atoms with Crippen molar-refractivity contribution in [1.82, 2.24) is 19.7 Å². The summed E-state index contributed by atoms with van der Waals surface area (Å²) in [5, 5.41) is 2.90. The van der Waals surface area contributed by atoms with Crippen molar-refractivity contribution in [2.24, 2.45) is 0 Å². The molecule has 0 atom stereocenters. The van der Waals surface area contributed by atoms with Crippen LogP contribution in [0.25, 0.3) is 5.65 Å². The van der Waals surface area contributed by atoms with Gasteiger partial charge in [0.1, 0.15) is 11.3 Å². The zero-order chi connectivity index (χ0) is 16.2. The molecule has 0 saturated carbocycles. The minimum Gasteiger partial charge on any atom is -0.481 e. The predicted molar refractivity (Wildman–Crippen MR) is 86.8 cm³/mol. The second-order valence-corrected chi connectivity index (χ2v) is 5.15. The molecule has 23 heavy (non-hydrogen) atoms. The molecule has 6 nitrogen and oxygen atoms in total. The van der Waals surface area contributed by atoms with E-state index in [2.05, 4.69) is 15.3 Å². The van der Waals surface area contributed by atoms with Gasteiger partial charge in [-0.1, -0.05) is 12.1 Å². The molecule has 0 bridgehead atoms. The van der Waals surface area contributed by atoms with E-state index >= 15 is 0 Å². The smallest absolute Gasteiger partial charge is 0.271 e. The van der Waals surface area contributed by atoms with E-state index in [1.165, 1.54) is 0 Å². The molecule has 0 spiro atoms. The Labute approximate surface area is 134 Å². The SMILES string of the molecule is COc1ncccc1CCNC(=O)c1nc2ccccn2c1C. The third kappa shape index (κ3) is 3.01. The van der Waals surface area contributed by atoms with Crippen molar-refractivity contribution < 1.29 is 9.53 Å². The van der Waals surface area contributed by atoms with Crippen molar-refractivity contribution in [3.8, 4) is 5.88 Å². The van der Waals surface area contributed by atoms with E-state index in [0.29, 0.717) is 24.5 Å². The molecule has 0 fully saturated rings. The van der Waals surface area contributed by atoms with Crippen molar-refractivity contribution in [3.05, 3.63) is 59.7 Å². The molecule has 0 aliphatic heterocycles. The van der Waals surface area contributed by atoms with E-state index < -0.39 is 0 Å². The average Bonchev–Trinajstić information content (AvgIpc) is 2.92. The molecule has 1 N–H and O–H groups in total. The molecule has 3 rings (SSSR count). The van der Waals surface area contributed by atoms with Crippen LogP contribution in [0.15, 0.2) is 42.7 Å². The van der Waals surface area contributed by atoms with Gasteiger partial charge in [0.2, 0.25) is 5.88 Å². The maximum Gasteiger partial charge on any atom is 0.271 e. The lowest BCUT2D eigenvalue weighted by Crippen LogP contribution is -2.26. The molecule has 0 aliphatic carbocycles. The first-order chi connectivity index (χ1) is 11.2. The Kier molecular flexibility index (Phi) is 4.23. The first-order valence-corrected chi connectivity index (χ1v) is 7.40. The first kappa shape index (κ1) is 15.0. The molecular weight excluding hydrogens is 292 g/mol. The predicted octanol–water partition coefficient (Wildman–Crippen LogP) is 2.02. The van der Waals surface area contributed by atoms with E-state index in [1.54, 1.807) is 13.3 Å². The summed E-state index contributed by atoms with van der Waals surface area (Å²) in [6.45, 7) is 2.38. The van der Waals surface area contributed by atoms with Crippen LogP contribution in [-0.4, -0.2) is 33.9 Å². The van der Waals surface area contributed by atoms with Crippen LogP contribution in [0.5, 0.6) is 5.88 Å². The second-order valence-electron chi connectivity index (χ2n) is 5.15. The van der Waals surface area contributed by atoms with Crippen molar-refractivity contribution in [2.75, 3.05) is 13.7 Å². The number of ether oxygens (including phenoxy) is 1. The van der Waals surface area contributed by atoms with Crippen LogP contribution in [-0.2, 0) is 6.42 Å². The normalized spacial score (nSPS) is 10.7. The number of carbonyl (C=O) groups excluding carboxylic acids is 1. The van der Waals surface area contributed by atoms with Gasteiger partial charge in [0, 0.05) is 24.5 Å². The molecule has 0 aromatic carbocycles. The summed E-state index contributed by atoms with van der Waals surface area (Å²) in [7, 11) is 1.59. The van der Waals surface area contributed by atoms with Crippen LogP contribution in [0.3, 0.4) is 0 Å². The van der Waals surface area contributed by atoms with Gasteiger partial charge >= 0.3 is 0 Å². The zero-order valence-electron chi connectivity index (χ0n) is 13.1. The summed E-state index contributed by atoms with van der Waals surface area (Å²) in [6, 6.07) is 9.49. The maximum absolute atomic E-state index is 12.3. The maximum atomic E-state index is 12.3. The monoisotopic (exact) mass is 310 g/mol. The third-order valence-electron chi connectivity index (χ3n) is 3.71. The highest BCUT2D eigenvalue weighted by Gasteiger charge is 2.15. The van der Waals surface area contributed by atoms with Crippen LogP contribution in [0.1, 0.15) is 21.7 Å². The number of hydrogen-bond acceptors (Lipinski definition) is 4. The Hall–Kier alpha value is -2.89. The minimum absolute atomic E-state index is 0.172. The summed E-state index contributed by atoms with van der Waals surface area (Å²) in [5.41, 5.74) is 3.01. The Morgan fingerprint density at radius 1 is 1.30 bits per heavy atom. The van der Waals surface area contributed by atoms with Gasteiger partial charge in [0.05, 0.1) is 12.8 Å². The van der Waals surface area contributed by atoms with Crippen LogP contribution >= 0.6 is 0 Å². The quantitative estimate of drug-likeness (QED) is 0.783. The molecule has 1 amide bonds. The number of aryl methyl sites for hydroxylation is 1. The first-order valence-electron chi connectivity index (χ1n) is 7.40. The highest BCUT2D eigenvalue weighted by atomic mass is 16.5. The second kappa shape index (κ2) is 6.48. The van der Waals surface area contributed by atoms with Crippen molar-refractivity contribution in [1.29, 1.82) is 0 Å². The van der Waals surface area contributed by atoms with E-state index in [9.17, 15) is 4.79 Å². The third-order valence-corrected chi connectivity index (χ3v) is 3.71. The van der Waals surface area contributed by atoms with Gasteiger partial charge in [-0.15, -0.1) is 0 Å². The summed E-state index contributed by atoms with van der Waals surface area (Å²) in [5.74, 6) is 0.416. The van der Waals surface area contributed by atoms with E-state index in [0.717, 1.165) is 16.9 Å². The number of imidazole rings is 1. The largest absolute Gasteiger partial charge is 0.481 e. The summed E-state index contributed by atoms with van der Waals surface area (Å²) in [6.07, 6.45) is 4.23. The lowest BCUT2D eigenvalue weighted by Gasteiger charge is -2.07. The fourth-order valence-electron chi connectivity index (χ4n) is 2.53. The van der Waals surface area contributed by atoms with Crippen LogP contribution in [0, 0.1) is 6.92 Å². The number of fused-ring (bicyclic) bond motifs is 1. The fourth-order valence-corrected chi connectivity index (χ4v) is 2.53. The van der Waals surface area contributed by atoms with Crippen molar-refractivity contribution >= 4 is 11.6 Å². The molecule has 118 valence electrons. The standard InChI is InChI=1S/C17H18N4O2/c1-12-15(20-14-7-3-4-11-21(12)14)16(22)18-10-8-13-6-5-9-19-17(13)23-2/h3-7,9,11H,8,10H2,1-2H3,(H,18,22). The van der Waals surface area contributed by atoms with Crippen LogP contribution < -0.4 is 10.1 Å². The van der Waals surface area contributed by atoms with Gasteiger partial charge in [-0.25, -0.2) is 9.97 Å². The Bertz CT molecular complexity index is 841. The molecule has 0 saturated heterocycles. The van der Waals surface area contributed by atoms with Crippen molar-refractivity contribution in [3.63, 3.8) is 0 Å². The fraction of sp³-hybridized carbons (Fsp3) is 0.235. The summed E-state index contributed by atoms with van der Waals surface area (Å²) >= 11 is 0. The number of carbonyl (C=O) groups is 1. The molecule has 0 unspecified atom stereocenters. The van der Waals surface area contributed by atoms with Gasteiger partial charge in [0.15, 0.2) is 0 Å². The molecule has 3 aromatic heterocycles. The molecule has 3 aromatic rings. The van der Waals surface area contributed by atoms with Gasteiger partial charge < -0.3 is 14.5 Å². The number of nitrogens with zero attached hydrogens (tertiary/aromatic N) is 3. The number of methoxy groups -OCH3 is 1. The number of amides is 1. The highest BCUT2D eigenvalue weighted by molar-refractivity contribution is 5.94. The molecule has 0 radical (unpaired) electrons. The average molecular weight is 310 g/mol. The molecule has 3 heterocycles. The summed E-state index contributed by atoms with van der Waals surface area (Å²) < 4.78 is 7.11. The lowest BCUT2D eigenvalue weighted by molar-refractivity contribution is 0.0949. The highest BCUT2D eigenvalue weighted by Crippen LogP contribution is 2.14. The number of aromatic nitrogens is 3. The molecule has 0 aliphatic rings. The zero-order valence-corrected chi connectivity index (χ0v) is 13.1. The molecular formula is C17H18N4O2. The Balaban J connectivity index is 1.68. The minimum atomic E-state index is -0.172. The van der Waals surface area contributed by atoms with Crippen LogP contribution in [0.2, 0.25) is 0 Å². The Morgan fingerprint density at radius 3 is 2.96 bits per heavy atom. The Morgan fingerprint density at radius 2 is 2.17 bits per heavy atom. The number of nitrogens with one attached hydrogen (secondary N) is 1. The van der Waals surface area contributed by atoms with E-state index in [1.807, 2.05) is 47.9 Å². The van der Waals surface area contributed by atoms with Crippen LogP contribution in [0.4, 0.5) is 0 Å². The summed E-state index contributed by atoms with van der Waals surface area (Å²) in [4.78, 5) is 20.9. The van der Waals surface area contributed by atoms with Gasteiger partial charge in [-0.3, -0.25) is 4.79 Å². The van der Waals surface area contributed by atoms with Gasteiger partial charge in [0.25, 0.3) is 5.91 Å². The lowest BCUT2D eigenvalue weighted by atomic mass is 10.2. The van der Waals surface area contributed by atoms with Gasteiger partial charge in [-0.05, 0) is 31.5 Å². The van der Waals surface area contributed by atoms with Gasteiger partial charge in [-0.2, -0.15) is 0 Å². The number of pyridine rings is 2.